The molecular weight excluding hydrogens is 282 g/mol. The minimum absolute atomic E-state index is 0.482. The molecule has 1 aromatic carbocycles. The van der Waals surface area contributed by atoms with Crippen LogP contribution in [0.2, 0.25) is 0 Å². The molecule has 1 saturated carbocycles. The van der Waals surface area contributed by atoms with Crippen molar-refractivity contribution >= 4 is 5.96 Å². The van der Waals surface area contributed by atoms with E-state index < -0.39 is 0 Å². The van der Waals surface area contributed by atoms with E-state index in [0.717, 1.165) is 12.5 Å². The number of nitrogens with one attached hydrogen (secondary N) is 1. The van der Waals surface area contributed by atoms with Gasteiger partial charge in [-0.1, -0.05) is 6.42 Å². The van der Waals surface area contributed by atoms with E-state index in [0.29, 0.717) is 36.4 Å². The Hall–Kier alpha value is -2.11. The molecule has 122 valence electrons. The summed E-state index contributed by atoms with van der Waals surface area (Å²) in [6.07, 6.45) is 3.88. The first-order chi connectivity index (χ1) is 10.7. The van der Waals surface area contributed by atoms with E-state index >= 15 is 0 Å². The molecule has 0 aliphatic heterocycles. The SMILES string of the molecule is COc1cc(OC)cc(OCCNC(N)=NCC2CCC2)c1. The lowest BCUT2D eigenvalue weighted by Gasteiger charge is -2.23. The average molecular weight is 307 g/mol. The molecule has 0 atom stereocenters. The highest BCUT2D eigenvalue weighted by Crippen LogP contribution is 2.27. The maximum absolute atomic E-state index is 5.81. The number of ether oxygens (including phenoxy) is 3. The molecule has 1 aliphatic carbocycles. The molecule has 22 heavy (non-hydrogen) atoms. The summed E-state index contributed by atoms with van der Waals surface area (Å²) in [6.45, 7) is 1.91. The minimum atomic E-state index is 0.482. The third-order valence-electron chi connectivity index (χ3n) is 3.75. The zero-order valence-corrected chi connectivity index (χ0v) is 13.3. The van der Waals surface area contributed by atoms with Crippen LogP contribution in [-0.4, -0.2) is 39.9 Å². The number of aliphatic imine (C=N–C) groups is 1. The zero-order chi connectivity index (χ0) is 15.8. The van der Waals surface area contributed by atoms with E-state index in [1.807, 2.05) is 12.1 Å². The summed E-state index contributed by atoms with van der Waals surface area (Å²) in [4.78, 5) is 4.33. The van der Waals surface area contributed by atoms with E-state index in [4.69, 9.17) is 19.9 Å². The number of guanidine groups is 1. The molecule has 1 aliphatic rings. The first kappa shape index (κ1) is 16.3. The highest BCUT2D eigenvalue weighted by Gasteiger charge is 2.16. The standard InChI is InChI=1S/C16H25N3O3/c1-20-13-8-14(21-2)10-15(9-13)22-7-6-18-16(17)19-11-12-4-3-5-12/h8-10,12H,3-7,11H2,1-2H3,(H3,17,18,19). The van der Waals surface area contributed by atoms with Crippen molar-refractivity contribution in [3.05, 3.63) is 18.2 Å². The summed E-state index contributed by atoms with van der Waals surface area (Å²) >= 11 is 0. The van der Waals surface area contributed by atoms with Gasteiger partial charge in [0, 0.05) is 24.7 Å². The predicted molar refractivity (Wildman–Crippen MR) is 86.9 cm³/mol. The fourth-order valence-corrected chi connectivity index (χ4v) is 2.17. The van der Waals surface area contributed by atoms with Gasteiger partial charge in [-0.25, -0.2) is 0 Å². The fraction of sp³-hybridized carbons (Fsp3) is 0.562. The highest BCUT2D eigenvalue weighted by molar-refractivity contribution is 5.77. The van der Waals surface area contributed by atoms with Gasteiger partial charge in [-0.3, -0.25) is 4.99 Å². The topological polar surface area (TPSA) is 78.1 Å². The van der Waals surface area contributed by atoms with E-state index in [9.17, 15) is 0 Å². The molecule has 1 aromatic rings. The second-order valence-corrected chi connectivity index (χ2v) is 5.35. The van der Waals surface area contributed by atoms with Gasteiger partial charge >= 0.3 is 0 Å². The Labute approximate surface area is 131 Å². The molecule has 0 radical (unpaired) electrons. The zero-order valence-electron chi connectivity index (χ0n) is 13.3. The largest absolute Gasteiger partial charge is 0.496 e. The van der Waals surface area contributed by atoms with Crippen LogP contribution in [0, 0.1) is 5.92 Å². The summed E-state index contributed by atoms with van der Waals surface area (Å²) in [5, 5.41) is 3.05. The Bertz CT molecular complexity index is 479. The van der Waals surface area contributed by atoms with Crippen LogP contribution < -0.4 is 25.3 Å². The summed E-state index contributed by atoms with van der Waals surface area (Å²) in [6, 6.07) is 5.43. The number of nitrogens with zero attached hydrogens (tertiary/aromatic N) is 1. The summed E-state index contributed by atoms with van der Waals surface area (Å²) in [7, 11) is 3.22. The van der Waals surface area contributed by atoms with Crippen LogP contribution in [0.15, 0.2) is 23.2 Å². The maximum Gasteiger partial charge on any atom is 0.188 e. The van der Waals surface area contributed by atoms with E-state index in [2.05, 4.69) is 10.3 Å². The number of benzene rings is 1. The molecule has 6 heteroatoms. The maximum atomic E-state index is 5.81. The van der Waals surface area contributed by atoms with Crippen LogP contribution in [0.25, 0.3) is 0 Å². The van der Waals surface area contributed by atoms with Gasteiger partial charge in [0.25, 0.3) is 0 Å². The van der Waals surface area contributed by atoms with Gasteiger partial charge in [0.15, 0.2) is 5.96 Å². The number of hydrogen-bond donors (Lipinski definition) is 2. The normalized spacial score (nSPS) is 15.1. The molecule has 0 aromatic heterocycles. The molecule has 2 rings (SSSR count). The molecule has 0 heterocycles. The van der Waals surface area contributed by atoms with Crippen molar-refractivity contribution in [1.82, 2.24) is 5.32 Å². The fourth-order valence-electron chi connectivity index (χ4n) is 2.17. The van der Waals surface area contributed by atoms with Gasteiger partial charge in [0.1, 0.15) is 23.9 Å². The molecule has 6 nitrogen and oxygen atoms in total. The Morgan fingerprint density at radius 2 is 1.82 bits per heavy atom. The second-order valence-electron chi connectivity index (χ2n) is 5.35. The van der Waals surface area contributed by atoms with Crippen LogP contribution in [-0.2, 0) is 0 Å². The predicted octanol–water partition coefficient (Wildman–Crippen LogP) is 1.79. The summed E-state index contributed by atoms with van der Waals surface area (Å²) in [5.74, 6) is 3.30. The van der Waals surface area contributed by atoms with Crippen molar-refractivity contribution in [3.63, 3.8) is 0 Å². The van der Waals surface area contributed by atoms with Crippen LogP contribution >= 0.6 is 0 Å². The van der Waals surface area contributed by atoms with Gasteiger partial charge in [-0.05, 0) is 18.8 Å². The lowest BCUT2D eigenvalue weighted by atomic mass is 9.86. The third kappa shape index (κ3) is 5.02. The molecule has 0 spiro atoms. The van der Waals surface area contributed by atoms with Crippen molar-refractivity contribution < 1.29 is 14.2 Å². The van der Waals surface area contributed by atoms with E-state index in [-0.39, 0.29) is 0 Å². The van der Waals surface area contributed by atoms with Crippen LogP contribution in [0.4, 0.5) is 0 Å². The van der Waals surface area contributed by atoms with Crippen molar-refractivity contribution in [3.8, 4) is 17.2 Å². The first-order valence-corrected chi connectivity index (χ1v) is 7.61. The Balaban J connectivity index is 1.71. The van der Waals surface area contributed by atoms with Gasteiger partial charge in [-0.2, -0.15) is 0 Å². The molecule has 0 saturated heterocycles. The number of methoxy groups -OCH3 is 2. The molecule has 0 amide bonds. The lowest BCUT2D eigenvalue weighted by Crippen LogP contribution is -2.35. The van der Waals surface area contributed by atoms with Gasteiger partial charge in [0.05, 0.1) is 20.8 Å². The average Bonchev–Trinajstić information content (AvgIpc) is 2.49. The highest BCUT2D eigenvalue weighted by atomic mass is 16.5. The summed E-state index contributed by atoms with van der Waals surface area (Å²) < 4.78 is 16.1. The van der Waals surface area contributed by atoms with Crippen LogP contribution in [0.5, 0.6) is 17.2 Å². The van der Waals surface area contributed by atoms with Crippen molar-refractivity contribution in [2.45, 2.75) is 19.3 Å². The quantitative estimate of drug-likeness (QED) is 0.435. The van der Waals surface area contributed by atoms with Crippen molar-refractivity contribution in [2.24, 2.45) is 16.6 Å². The van der Waals surface area contributed by atoms with Gasteiger partial charge in [0.2, 0.25) is 0 Å². The Kier molecular flexibility index (Phi) is 6.18. The Morgan fingerprint density at radius 1 is 1.18 bits per heavy atom. The van der Waals surface area contributed by atoms with Gasteiger partial charge in [-0.15, -0.1) is 0 Å². The number of nitrogens with two attached hydrogens (primary N) is 1. The van der Waals surface area contributed by atoms with Crippen LogP contribution in [0.3, 0.4) is 0 Å². The molecular formula is C16H25N3O3. The smallest absolute Gasteiger partial charge is 0.188 e. The number of hydrogen-bond acceptors (Lipinski definition) is 4. The monoisotopic (exact) mass is 307 g/mol. The van der Waals surface area contributed by atoms with Crippen molar-refractivity contribution in [2.75, 3.05) is 33.9 Å². The minimum Gasteiger partial charge on any atom is -0.496 e. The van der Waals surface area contributed by atoms with Crippen molar-refractivity contribution in [1.29, 1.82) is 0 Å². The lowest BCUT2D eigenvalue weighted by molar-refractivity contribution is 0.314. The molecule has 0 unspecified atom stereocenters. The first-order valence-electron chi connectivity index (χ1n) is 7.61. The third-order valence-corrected chi connectivity index (χ3v) is 3.75. The Morgan fingerprint density at radius 3 is 2.36 bits per heavy atom. The molecule has 1 fully saturated rings. The number of rotatable bonds is 8. The van der Waals surface area contributed by atoms with Gasteiger partial charge < -0.3 is 25.3 Å². The molecule has 0 bridgehead atoms. The summed E-state index contributed by atoms with van der Waals surface area (Å²) in [5.41, 5.74) is 5.81. The van der Waals surface area contributed by atoms with Crippen LogP contribution in [0.1, 0.15) is 19.3 Å². The van der Waals surface area contributed by atoms with E-state index in [1.165, 1.54) is 19.3 Å². The second kappa shape index (κ2) is 8.36. The van der Waals surface area contributed by atoms with E-state index in [1.54, 1.807) is 20.3 Å². The molecule has 3 N–H and O–H groups in total.